The number of hydrogen-bond acceptors (Lipinski definition) is 4. The second kappa shape index (κ2) is 9.03. The van der Waals surface area contributed by atoms with E-state index in [1.54, 1.807) is 29.3 Å². The first kappa shape index (κ1) is 20.0. The molecule has 1 atom stereocenters. The maximum Gasteiger partial charge on any atom is 0.290 e. The van der Waals surface area contributed by atoms with Gasteiger partial charge in [-0.15, -0.1) is 0 Å². The van der Waals surface area contributed by atoms with E-state index in [4.69, 9.17) is 32.4 Å². The van der Waals surface area contributed by atoms with E-state index in [0.717, 1.165) is 30.8 Å². The highest BCUT2D eigenvalue weighted by molar-refractivity contribution is 6.35. The highest BCUT2D eigenvalue weighted by atomic mass is 35.5. The van der Waals surface area contributed by atoms with Crippen LogP contribution in [0.4, 0.5) is 0 Å². The highest BCUT2D eigenvalue weighted by Gasteiger charge is 2.26. The van der Waals surface area contributed by atoms with Crippen molar-refractivity contribution in [2.75, 3.05) is 13.2 Å². The minimum atomic E-state index is -0.176. The molecule has 152 valence electrons. The Morgan fingerprint density at radius 1 is 1.31 bits per heavy atom. The number of carbonyl (C=O) groups is 1. The average molecular weight is 434 g/mol. The molecule has 3 heterocycles. The molecular weight excluding hydrogens is 413 g/mol. The van der Waals surface area contributed by atoms with E-state index in [1.807, 2.05) is 22.9 Å². The van der Waals surface area contributed by atoms with Crippen molar-refractivity contribution in [3.8, 4) is 0 Å². The van der Waals surface area contributed by atoms with Gasteiger partial charge in [-0.2, -0.15) is 0 Å². The molecule has 6 nitrogen and oxygen atoms in total. The van der Waals surface area contributed by atoms with Gasteiger partial charge >= 0.3 is 0 Å². The van der Waals surface area contributed by atoms with Crippen molar-refractivity contribution in [3.05, 3.63) is 76.2 Å². The topological polar surface area (TPSA) is 60.5 Å². The standard InChI is InChI=1S/C21H21Cl2N3O3/c22-16-6-5-15(18(23)11-16)12-25-8-7-24-20(25)14-26(13-17-3-1-9-28-17)21(27)19-4-2-10-29-19/h2,4-8,10-11,17H,1,3,9,12-14H2. The second-order valence-electron chi connectivity index (χ2n) is 7.01. The van der Waals surface area contributed by atoms with Crippen LogP contribution < -0.4 is 0 Å². The third kappa shape index (κ3) is 4.83. The van der Waals surface area contributed by atoms with Gasteiger partial charge in [0.15, 0.2) is 5.76 Å². The Hall–Kier alpha value is -2.28. The van der Waals surface area contributed by atoms with Crippen LogP contribution in [0.1, 0.15) is 34.8 Å². The van der Waals surface area contributed by atoms with Crippen LogP contribution in [-0.2, 0) is 17.8 Å². The summed E-state index contributed by atoms with van der Waals surface area (Å²) in [6, 6.07) is 8.81. The fourth-order valence-corrected chi connectivity index (χ4v) is 3.92. The molecule has 2 aromatic heterocycles. The summed E-state index contributed by atoms with van der Waals surface area (Å²) in [5, 5.41) is 1.19. The number of halogens is 2. The van der Waals surface area contributed by atoms with Crippen molar-refractivity contribution in [1.29, 1.82) is 0 Å². The molecule has 1 unspecified atom stereocenters. The van der Waals surface area contributed by atoms with Crippen LogP contribution in [0, 0.1) is 0 Å². The Morgan fingerprint density at radius 3 is 2.93 bits per heavy atom. The lowest BCUT2D eigenvalue weighted by Gasteiger charge is -2.24. The number of nitrogens with zero attached hydrogens (tertiary/aromatic N) is 3. The van der Waals surface area contributed by atoms with E-state index in [2.05, 4.69) is 4.98 Å². The molecular formula is C21H21Cl2N3O3. The monoisotopic (exact) mass is 433 g/mol. The molecule has 3 aromatic rings. The van der Waals surface area contributed by atoms with E-state index in [-0.39, 0.29) is 12.0 Å². The fourth-order valence-electron chi connectivity index (χ4n) is 3.45. The maximum absolute atomic E-state index is 13.0. The zero-order chi connectivity index (χ0) is 20.2. The van der Waals surface area contributed by atoms with Gasteiger partial charge in [-0.3, -0.25) is 4.79 Å². The molecule has 0 aliphatic carbocycles. The number of aromatic nitrogens is 2. The van der Waals surface area contributed by atoms with Gasteiger partial charge in [0.1, 0.15) is 5.82 Å². The van der Waals surface area contributed by atoms with E-state index in [0.29, 0.717) is 35.4 Å². The second-order valence-corrected chi connectivity index (χ2v) is 7.85. The molecule has 1 amide bonds. The summed E-state index contributed by atoms with van der Waals surface area (Å²) < 4.78 is 13.0. The number of ether oxygens (including phenoxy) is 1. The fraction of sp³-hybridized carbons (Fsp3) is 0.333. The van der Waals surface area contributed by atoms with Gasteiger partial charge in [-0.05, 0) is 42.7 Å². The van der Waals surface area contributed by atoms with Crippen LogP contribution in [-0.4, -0.2) is 39.6 Å². The van der Waals surface area contributed by atoms with Crippen LogP contribution in [0.5, 0.6) is 0 Å². The quantitative estimate of drug-likeness (QED) is 0.543. The first-order chi connectivity index (χ1) is 14.1. The van der Waals surface area contributed by atoms with Crippen LogP contribution in [0.15, 0.2) is 53.4 Å². The Balaban J connectivity index is 1.54. The molecule has 1 aromatic carbocycles. The number of carbonyl (C=O) groups excluding carboxylic acids is 1. The van der Waals surface area contributed by atoms with E-state index in [9.17, 15) is 4.79 Å². The van der Waals surface area contributed by atoms with Crippen LogP contribution in [0.25, 0.3) is 0 Å². The summed E-state index contributed by atoms with van der Waals surface area (Å²) in [6.45, 7) is 2.11. The maximum atomic E-state index is 13.0. The minimum absolute atomic E-state index is 0.0306. The molecule has 1 aliphatic rings. The number of benzene rings is 1. The third-order valence-corrected chi connectivity index (χ3v) is 5.54. The van der Waals surface area contributed by atoms with Crippen molar-refractivity contribution in [2.45, 2.75) is 32.0 Å². The van der Waals surface area contributed by atoms with Crippen LogP contribution in [0.3, 0.4) is 0 Å². The summed E-state index contributed by atoms with van der Waals surface area (Å²) in [4.78, 5) is 19.2. The summed E-state index contributed by atoms with van der Waals surface area (Å²) in [5.41, 5.74) is 0.929. The van der Waals surface area contributed by atoms with Crippen LogP contribution >= 0.6 is 23.2 Å². The Labute approximate surface area is 179 Å². The lowest BCUT2D eigenvalue weighted by Crippen LogP contribution is -2.37. The Kier molecular flexibility index (Phi) is 6.23. The van der Waals surface area contributed by atoms with Crippen molar-refractivity contribution in [1.82, 2.24) is 14.5 Å². The number of furan rings is 1. The van der Waals surface area contributed by atoms with Gasteiger partial charge in [0.05, 0.1) is 25.5 Å². The van der Waals surface area contributed by atoms with E-state index < -0.39 is 0 Å². The third-order valence-electron chi connectivity index (χ3n) is 4.96. The first-order valence-corrected chi connectivity index (χ1v) is 10.2. The average Bonchev–Trinajstić information content (AvgIpc) is 3.46. The predicted octanol–water partition coefficient (Wildman–Crippen LogP) is 4.65. The first-order valence-electron chi connectivity index (χ1n) is 9.48. The summed E-state index contributed by atoms with van der Waals surface area (Å²) in [6.07, 6.45) is 7.08. The van der Waals surface area contributed by atoms with Gasteiger partial charge < -0.3 is 18.6 Å². The van der Waals surface area contributed by atoms with Gasteiger partial charge in [0.25, 0.3) is 5.91 Å². The molecule has 29 heavy (non-hydrogen) atoms. The molecule has 0 N–H and O–H groups in total. The lowest BCUT2D eigenvalue weighted by molar-refractivity contribution is 0.0475. The SMILES string of the molecule is O=C(c1ccco1)N(Cc1nccn1Cc1ccc(Cl)cc1Cl)CC1CCCO1. The number of rotatable bonds is 7. The summed E-state index contributed by atoms with van der Waals surface area (Å²) in [7, 11) is 0. The lowest BCUT2D eigenvalue weighted by atomic mass is 10.2. The smallest absolute Gasteiger partial charge is 0.290 e. The number of amides is 1. The molecule has 8 heteroatoms. The normalized spacial score (nSPS) is 16.3. The summed E-state index contributed by atoms with van der Waals surface area (Å²) in [5.74, 6) is 0.889. The van der Waals surface area contributed by atoms with Crippen LogP contribution in [0.2, 0.25) is 10.0 Å². The Bertz CT molecular complexity index is 965. The molecule has 0 bridgehead atoms. The minimum Gasteiger partial charge on any atom is -0.459 e. The molecule has 0 saturated carbocycles. The van der Waals surface area contributed by atoms with Gasteiger partial charge in [-0.1, -0.05) is 29.3 Å². The van der Waals surface area contributed by atoms with Gasteiger partial charge in [-0.25, -0.2) is 4.98 Å². The zero-order valence-electron chi connectivity index (χ0n) is 15.8. The van der Waals surface area contributed by atoms with Crippen molar-refractivity contribution >= 4 is 29.1 Å². The summed E-state index contributed by atoms with van der Waals surface area (Å²) >= 11 is 12.3. The molecule has 0 spiro atoms. The van der Waals surface area contributed by atoms with E-state index >= 15 is 0 Å². The zero-order valence-corrected chi connectivity index (χ0v) is 17.3. The van der Waals surface area contributed by atoms with Gasteiger partial charge in [0, 0.05) is 35.6 Å². The van der Waals surface area contributed by atoms with Crippen molar-refractivity contribution in [3.63, 3.8) is 0 Å². The largest absolute Gasteiger partial charge is 0.459 e. The molecule has 1 aliphatic heterocycles. The molecule has 4 rings (SSSR count). The number of hydrogen-bond donors (Lipinski definition) is 0. The highest BCUT2D eigenvalue weighted by Crippen LogP contribution is 2.23. The van der Waals surface area contributed by atoms with Crippen molar-refractivity contribution in [2.24, 2.45) is 0 Å². The Morgan fingerprint density at radius 2 is 2.21 bits per heavy atom. The molecule has 1 fully saturated rings. The van der Waals surface area contributed by atoms with Crippen molar-refractivity contribution < 1.29 is 13.9 Å². The molecule has 1 saturated heterocycles. The van der Waals surface area contributed by atoms with E-state index in [1.165, 1.54) is 6.26 Å². The predicted molar refractivity (Wildman–Crippen MR) is 110 cm³/mol. The molecule has 0 radical (unpaired) electrons. The van der Waals surface area contributed by atoms with Gasteiger partial charge in [0.2, 0.25) is 0 Å². The number of imidazole rings is 1.